The first-order chi connectivity index (χ1) is 9.81. The number of nitrogens with zero attached hydrogens (tertiary/aromatic N) is 1. The highest BCUT2D eigenvalue weighted by atomic mass is 16.5. The van der Waals surface area contributed by atoms with E-state index in [1.807, 2.05) is 13.1 Å². The Morgan fingerprint density at radius 1 is 1.30 bits per heavy atom. The van der Waals surface area contributed by atoms with Crippen LogP contribution in [0.15, 0.2) is 29.3 Å². The van der Waals surface area contributed by atoms with E-state index < -0.39 is 0 Å². The van der Waals surface area contributed by atoms with Gasteiger partial charge in [-0.2, -0.15) is 0 Å². The Balaban J connectivity index is 1.90. The number of aliphatic imine (C=N–C) groups is 1. The molecule has 0 saturated heterocycles. The van der Waals surface area contributed by atoms with Crippen LogP contribution in [-0.2, 0) is 6.54 Å². The Bertz CT molecular complexity index is 439. The first-order valence-electron chi connectivity index (χ1n) is 7.46. The molecule has 1 aromatic rings. The normalized spacial score (nSPS) is 16.8. The molecule has 0 radical (unpaired) electrons. The van der Waals surface area contributed by atoms with Crippen molar-refractivity contribution in [1.82, 2.24) is 10.6 Å². The number of guanidine groups is 1. The highest BCUT2D eigenvalue weighted by Crippen LogP contribution is 2.23. The van der Waals surface area contributed by atoms with Crippen molar-refractivity contribution in [3.05, 3.63) is 29.8 Å². The van der Waals surface area contributed by atoms with E-state index in [9.17, 15) is 0 Å². The minimum Gasteiger partial charge on any atom is -0.490 e. The van der Waals surface area contributed by atoms with Gasteiger partial charge in [-0.15, -0.1) is 0 Å². The number of benzene rings is 1. The lowest BCUT2D eigenvalue weighted by Crippen LogP contribution is -2.34. The molecule has 0 spiro atoms. The summed E-state index contributed by atoms with van der Waals surface area (Å²) in [6, 6.07) is 8.32. The van der Waals surface area contributed by atoms with Crippen molar-refractivity contribution < 1.29 is 4.74 Å². The van der Waals surface area contributed by atoms with Gasteiger partial charge < -0.3 is 15.4 Å². The van der Waals surface area contributed by atoms with Gasteiger partial charge in [0.05, 0.1) is 6.10 Å². The van der Waals surface area contributed by atoms with Crippen LogP contribution in [0.5, 0.6) is 5.75 Å². The quantitative estimate of drug-likeness (QED) is 0.656. The molecule has 0 aliphatic heterocycles. The lowest BCUT2D eigenvalue weighted by molar-refractivity contribution is 0.155. The van der Waals surface area contributed by atoms with Gasteiger partial charge in [-0.25, -0.2) is 0 Å². The molecule has 0 unspecified atom stereocenters. The maximum atomic E-state index is 6.08. The molecule has 1 aliphatic carbocycles. The number of hydrogen-bond donors (Lipinski definition) is 2. The standard InChI is InChI=1S/C16H25N3O/c1-17-16(18-2)19-12-13-7-6-10-15(11-13)20-14-8-4-3-5-9-14/h6-7,10-11,14H,3-5,8-9,12H2,1-2H3,(H2,17,18,19). The van der Waals surface area contributed by atoms with Crippen molar-refractivity contribution in [3.63, 3.8) is 0 Å². The number of ether oxygens (including phenoxy) is 1. The maximum absolute atomic E-state index is 6.08. The number of rotatable bonds is 4. The van der Waals surface area contributed by atoms with Crippen molar-refractivity contribution in [2.24, 2.45) is 4.99 Å². The van der Waals surface area contributed by atoms with E-state index in [4.69, 9.17) is 4.74 Å². The van der Waals surface area contributed by atoms with Gasteiger partial charge in [0, 0.05) is 20.6 Å². The molecule has 1 aromatic carbocycles. The summed E-state index contributed by atoms with van der Waals surface area (Å²) in [5.74, 6) is 1.78. The maximum Gasteiger partial charge on any atom is 0.190 e. The van der Waals surface area contributed by atoms with E-state index in [1.165, 1.54) is 37.7 Å². The Morgan fingerprint density at radius 2 is 2.10 bits per heavy atom. The van der Waals surface area contributed by atoms with Gasteiger partial charge in [0.15, 0.2) is 5.96 Å². The van der Waals surface area contributed by atoms with Crippen molar-refractivity contribution in [3.8, 4) is 5.75 Å². The Hall–Kier alpha value is -1.71. The summed E-state index contributed by atoms with van der Waals surface area (Å²) in [5, 5.41) is 6.26. The first kappa shape index (κ1) is 14.7. The lowest BCUT2D eigenvalue weighted by atomic mass is 9.98. The zero-order valence-electron chi connectivity index (χ0n) is 12.5. The third-order valence-electron chi connectivity index (χ3n) is 3.67. The van der Waals surface area contributed by atoms with E-state index in [2.05, 4.69) is 33.8 Å². The lowest BCUT2D eigenvalue weighted by Gasteiger charge is -2.23. The molecule has 2 rings (SSSR count). The largest absolute Gasteiger partial charge is 0.490 e. The molecule has 4 nitrogen and oxygen atoms in total. The van der Waals surface area contributed by atoms with Crippen LogP contribution in [0.3, 0.4) is 0 Å². The molecule has 1 fully saturated rings. The molecule has 0 atom stereocenters. The smallest absolute Gasteiger partial charge is 0.190 e. The molecule has 0 heterocycles. The molecule has 2 N–H and O–H groups in total. The van der Waals surface area contributed by atoms with Gasteiger partial charge in [0.25, 0.3) is 0 Å². The molecule has 0 bridgehead atoms. The number of nitrogens with one attached hydrogen (secondary N) is 2. The van der Waals surface area contributed by atoms with E-state index >= 15 is 0 Å². The fourth-order valence-corrected chi connectivity index (χ4v) is 2.57. The van der Waals surface area contributed by atoms with Gasteiger partial charge in [0.1, 0.15) is 5.75 Å². The Labute approximate surface area is 121 Å². The van der Waals surface area contributed by atoms with Gasteiger partial charge in [-0.3, -0.25) is 4.99 Å². The molecule has 0 amide bonds. The molecule has 1 saturated carbocycles. The Morgan fingerprint density at radius 3 is 2.80 bits per heavy atom. The highest BCUT2D eigenvalue weighted by Gasteiger charge is 2.14. The second-order valence-corrected chi connectivity index (χ2v) is 5.20. The molecular weight excluding hydrogens is 250 g/mol. The number of hydrogen-bond acceptors (Lipinski definition) is 2. The molecule has 110 valence electrons. The van der Waals surface area contributed by atoms with E-state index in [0.717, 1.165) is 18.3 Å². The monoisotopic (exact) mass is 275 g/mol. The molecular formula is C16H25N3O. The zero-order chi connectivity index (χ0) is 14.2. The zero-order valence-corrected chi connectivity index (χ0v) is 12.5. The molecule has 20 heavy (non-hydrogen) atoms. The van der Waals surface area contributed by atoms with Crippen LogP contribution in [0, 0.1) is 0 Å². The topological polar surface area (TPSA) is 45.7 Å². The van der Waals surface area contributed by atoms with Gasteiger partial charge >= 0.3 is 0 Å². The minimum atomic E-state index is 0.400. The average molecular weight is 275 g/mol. The van der Waals surface area contributed by atoms with Gasteiger partial charge in [-0.1, -0.05) is 18.6 Å². The third-order valence-corrected chi connectivity index (χ3v) is 3.67. The van der Waals surface area contributed by atoms with Crippen molar-refractivity contribution in [1.29, 1.82) is 0 Å². The molecule has 1 aliphatic rings. The summed E-state index contributed by atoms with van der Waals surface area (Å²) < 4.78 is 6.08. The van der Waals surface area contributed by atoms with E-state index in [-0.39, 0.29) is 0 Å². The summed E-state index contributed by atoms with van der Waals surface area (Å²) in [4.78, 5) is 4.10. The highest BCUT2D eigenvalue weighted by molar-refractivity contribution is 5.79. The van der Waals surface area contributed by atoms with Crippen LogP contribution in [-0.4, -0.2) is 26.2 Å². The SMILES string of the molecule is CN=C(NC)NCc1cccc(OC2CCCCC2)c1. The molecule has 0 aromatic heterocycles. The van der Waals surface area contributed by atoms with E-state index in [1.54, 1.807) is 7.05 Å². The second kappa shape index (κ2) is 7.78. The predicted octanol–water partition coefficient (Wildman–Crippen LogP) is 2.69. The minimum absolute atomic E-state index is 0.400. The van der Waals surface area contributed by atoms with Crippen LogP contribution in [0.25, 0.3) is 0 Å². The van der Waals surface area contributed by atoms with Crippen LogP contribution >= 0.6 is 0 Å². The van der Waals surface area contributed by atoms with Crippen LogP contribution in [0.1, 0.15) is 37.7 Å². The summed E-state index contributed by atoms with van der Waals surface area (Å²) in [5.41, 5.74) is 1.20. The summed E-state index contributed by atoms with van der Waals surface area (Å²) in [7, 11) is 3.62. The van der Waals surface area contributed by atoms with Crippen LogP contribution in [0.4, 0.5) is 0 Å². The predicted molar refractivity (Wildman–Crippen MR) is 83.2 cm³/mol. The second-order valence-electron chi connectivity index (χ2n) is 5.20. The van der Waals surface area contributed by atoms with Crippen molar-refractivity contribution in [2.75, 3.05) is 14.1 Å². The first-order valence-corrected chi connectivity index (χ1v) is 7.46. The fourth-order valence-electron chi connectivity index (χ4n) is 2.57. The van der Waals surface area contributed by atoms with Gasteiger partial charge in [0.2, 0.25) is 0 Å². The van der Waals surface area contributed by atoms with Crippen LogP contribution < -0.4 is 15.4 Å². The van der Waals surface area contributed by atoms with Crippen molar-refractivity contribution >= 4 is 5.96 Å². The molecule has 4 heteroatoms. The van der Waals surface area contributed by atoms with Gasteiger partial charge in [-0.05, 0) is 43.4 Å². The van der Waals surface area contributed by atoms with Crippen LogP contribution in [0.2, 0.25) is 0 Å². The fraction of sp³-hybridized carbons (Fsp3) is 0.562. The summed E-state index contributed by atoms with van der Waals surface area (Å²) in [6.07, 6.45) is 6.72. The Kier molecular flexibility index (Phi) is 5.71. The summed E-state index contributed by atoms with van der Waals surface area (Å²) >= 11 is 0. The summed E-state index contributed by atoms with van der Waals surface area (Å²) in [6.45, 7) is 0.745. The average Bonchev–Trinajstić information content (AvgIpc) is 2.50. The third kappa shape index (κ3) is 4.44. The van der Waals surface area contributed by atoms with E-state index in [0.29, 0.717) is 6.10 Å². The van der Waals surface area contributed by atoms with Crippen molar-refractivity contribution in [2.45, 2.75) is 44.8 Å².